The van der Waals surface area contributed by atoms with Crippen molar-refractivity contribution in [3.63, 3.8) is 0 Å². The Labute approximate surface area is 146 Å². The summed E-state index contributed by atoms with van der Waals surface area (Å²) in [6.07, 6.45) is 1.51. The molecule has 0 aliphatic carbocycles. The third-order valence-electron chi connectivity index (χ3n) is 4.87. The molecule has 3 rings (SSSR count). The molecular formula is C20H22F2N2O. The van der Waals surface area contributed by atoms with Gasteiger partial charge in [0.25, 0.3) is 5.91 Å². The highest BCUT2D eigenvalue weighted by atomic mass is 19.1. The van der Waals surface area contributed by atoms with E-state index in [9.17, 15) is 13.6 Å². The zero-order valence-electron chi connectivity index (χ0n) is 14.4. The molecule has 0 saturated carbocycles. The molecule has 0 unspecified atom stereocenters. The largest absolute Gasteiger partial charge is 0.336 e. The van der Waals surface area contributed by atoms with Gasteiger partial charge in [0, 0.05) is 29.8 Å². The highest BCUT2D eigenvalue weighted by molar-refractivity contribution is 5.95. The molecule has 1 amide bonds. The van der Waals surface area contributed by atoms with Gasteiger partial charge in [0.05, 0.1) is 0 Å². The number of aryl methyl sites for hydroxylation is 1. The summed E-state index contributed by atoms with van der Waals surface area (Å²) in [7, 11) is 0. The zero-order valence-corrected chi connectivity index (χ0v) is 14.4. The monoisotopic (exact) mass is 344 g/mol. The highest BCUT2D eigenvalue weighted by Gasteiger charge is 2.28. The van der Waals surface area contributed by atoms with Crippen LogP contribution in [0.2, 0.25) is 0 Å². The summed E-state index contributed by atoms with van der Waals surface area (Å²) in [5.41, 5.74) is 7.89. The lowest BCUT2D eigenvalue weighted by molar-refractivity contribution is 0.0618. The molecule has 132 valence electrons. The fraction of sp³-hybridized carbons (Fsp3) is 0.350. The van der Waals surface area contributed by atoms with Crippen LogP contribution in [0.4, 0.5) is 8.78 Å². The van der Waals surface area contributed by atoms with E-state index >= 15 is 0 Å². The molecule has 0 spiro atoms. The van der Waals surface area contributed by atoms with E-state index in [-0.39, 0.29) is 23.8 Å². The van der Waals surface area contributed by atoms with Crippen molar-refractivity contribution in [3.05, 3.63) is 59.2 Å². The number of piperidine rings is 1. The first-order valence-electron chi connectivity index (χ1n) is 8.49. The maximum atomic E-state index is 14.6. The minimum Gasteiger partial charge on any atom is -0.336 e. The normalized spacial score (nSPS) is 20.6. The fourth-order valence-electron chi connectivity index (χ4n) is 3.47. The number of amides is 1. The molecule has 0 aromatic heterocycles. The van der Waals surface area contributed by atoms with Gasteiger partial charge in [-0.2, -0.15) is 0 Å². The Hall–Kier alpha value is -2.27. The number of benzene rings is 2. The molecule has 0 radical (unpaired) electrons. The second-order valence-corrected chi connectivity index (χ2v) is 6.79. The number of nitrogens with zero attached hydrogens (tertiary/aromatic N) is 1. The van der Waals surface area contributed by atoms with Crippen molar-refractivity contribution in [1.82, 2.24) is 4.90 Å². The molecule has 1 aliphatic rings. The highest BCUT2D eigenvalue weighted by Crippen LogP contribution is 2.28. The lowest BCUT2D eigenvalue weighted by atomic mass is 9.96. The molecule has 1 heterocycles. The third-order valence-corrected chi connectivity index (χ3v) is 4.87. The first-order chi connectivity index (χ1) is 11.9. The number of hydrogen-bond donors (Lipinski definition) is 1. The number of carbonyl (C=O) groups is 1. The number of rotatable bonds is 2. The average Bonchev–Trinajstić information content (AvgIpc) is 2.55. The molecule has 2 N–H and O–H groups in total. The topological polar surface area (TPSA) is 46.3 Å². The molecule has 1 fully saturated rings. The minimum atomic E-state index is -0.484. The van der Waals surface area contributed by atoms with Gasteiger partial charge in [-0.1, -0.05) is 12.1 Å². The van der Waals surface area contributed by atoms with Gasteiger partial charge < -0.3 is 10.6 Å². The van der Waals surface area contributed by atoms with Crippen molar-refractivity contribution < 1.29 is 13.6 Å². The van der Waals surface area contributed by atoms with E-state index in [0.717, 1.165) is 12.8 Å². The first-order valence-corrected chi connectivity index (χ1v) is 8.49. The molecule has 0 bridgehead atoms. The number of likely N-dealkylation sites (tertiary alicyclic amines) is 1. The Morgan fingerprint density at radius 1 is 1.16 bits per heavy atom. The molecule has 5 heteroatoms. The zero-order chi connectivity index (χ0) is 18.1. The Balaban J connectivity index is 1.88. The van der Waals surface area contributed by atoms with Gasteiger partial charge in [-0.05, 0) is 62.1 Å². The number of nitrogens with two attached hydrogens (primary N) is 1. The standard InChI is InChI=1S/C20H22F2N2O/c1-12-9-15(21)4-6-17(12)18-5-3-14(11-19(18)22)20(25)24-8-7-16(23)10-13(24)2/h3-6,9,11,13,16H,7-8,10,23H2,1-2H3/t13-,16-/m1/s1. The van der Waals surface area contributed by atoms with Crippen LogP contribution < -0.4 is 5.73 Å². The molecule has 2 aromatic rings. The van der Waals surface area contributed by atoms with Crippen molar-refractivity contribution in [2.75, 3.05) is 6.54 Å². The van der Waals surface area contributed by atoms with Gasteiger partial charge in [0.15, 0.2) is 0 Å². The summed E-state index contributed by atoms with van der Waals surface area (Å²) in [6, 6.07) is 8.86. The van der Waals surface area contributed by atoms with E-state index in [1.54, 1.807) is 30.0 Å². The van der Waals surface area contributed by atoms with E-state index in [1.165, 1.54) is 18.2 Å². The van der Waals surface area contributed by atoms with E-state index in [2.05, 4.69) is 0 Å². The lowest BCUT2D eigenvalue weighted by Gasteiger charge is -2.36. The van der Waals surface area contributed by atoms with E-state index in [0.29, 0.717) is 28.8 Å². The van der Waals surface area contributed by atoms with Crippen LogP contribution in [-0.2, 0) is 0 Å². The average molecular weight is 344 g/mol. The van der Waals surface area contributed by atoms with Gasteiger partial charge in [-0.25, -0.2) is 8.78 Å². The molecule has 25 heavy (non-hydrogen) atoms. The predicted molar refractivity (Wildman–Crippen MR) is 94.2 cm³/mol. The van der Waals surface area contributed by atoms with Crippen molar-refractivity contribution in [2.45, 2.75) is 38.8 Å². The first kappa shape index (κ1) is 17.5. The second-order valence-electron chi connectivity index (χ2n) is 6.79. The van der Waals surface area contributed by atoms with Crippen LogP contribution in [0.15, 0.2) is 36.4 Å². The van der Waals surface area contributed by atoms with Crippen LogP contribution >= 0.6 is 0 Å². The minimum absolute atomic E-state index is 0.0401. The molecule has 1 saturated heterocycles. The number of hydrogen-bond acceptors (Lipinski definition) is 2. The SMILES string of the molecule is Cc1cc(F)ccc1-c1ccc(C(=O)N2CC[C@@H](N)C[C@H]2C)cc1F. The summed E-state index contributed by atoms with van der Waals surface area (Å²) in [6.45, 7) is 4.28. The third kappa shape index (κ3) is 3.56. The van der Waals surface area contributed by atoms with Gasteiger partial charge in [-0.3, -0.25) is 4.79 Å². The molecule has 3 nitrogen and oxygen atoms in total. The Morgan fingerprint density at radius 2 is 1.88 bits per heavy atom. The summed E-state index contributed by atoms with van der Waals surface area (Å²) >= 11 is 0. The van der Waals surface area contributed by atoms with Gasteiger partial charge in [-0.15, -0.1) is 0 Å². The van der Waals surface area contributed by atoms with Crippen LogP contribution in [0, 0.1) is 18.6 Å². The second kappa shape index (κ2) is 6.92. The van der Waals surface area contributed by atoms with E-state index in [1.807, 2.05) is 6.92 Å². The summed E-state index contributed by atoms with van der Waals surface area (Å²) in [5.74, 6) is -1.02. The molecule has 1 aliphatic heterocycles. The van der Waals surface area contributed by atoms with Crippen LogP contribution in [0.1, 0.15) is 35.7 Å². The van der Waals surface area contributed by atoms with Crippen molar-refractivity contribution in [2.24, 2.45) is 5.73 Å². The van der Waals surface area contributed by atoms with Crippen molar-refractivity contribution >= 4 is 5.91 Å². The molecular weight excluding hydrogens is 322 g/mol. The van der Waals surface area contributed by atoms with Crippen LogP contribution in [0.3, 0.4) is 0 Å². The number of halogens is 2. The van der Waals surface area contributed by atoms with E-state index < -0.39 is 5.82 Å². The summed E-state index contributed by atoms with van der Waals surface area (Å²) in [4.78, 5) is 14.4. The van der Waals surface area contributed by atoms with E-state index in [4.69, 9.17) is 5.73 Å². The predicted octanol–water partition coefficient (Wildman–Crippen LogP) is 3.89. The fourth-order valence-corrected chi connectivity index (χ4v) is 3.47. The lowest BCUT2D eigenvalue weighted by Crippen LogP contribution is -2.48. The number of carbonyl (C=O) groups excluding carboxylic acids is 1. The quantitative estimate of drug-likeness (QED) is 0.898. The summed E-state index contributed by atoms with van der Waals surface area (Å²) < 4.78 is 27.9. The molecule has 2 aromatic carbocycles. The van der Waals surface area contributed by atoms with Crippen LogP contribution in [-0.4, -0.2) is 29.4 Å². The van der Waals surface area contributed by atoms with Crippen molar-refractivity contribution in [3.8, 4) is 11.1 Å². The maximum Gasteiger partial charge on any atom is 0.254 e. The Bertz CT molecular complexity index is 806. The maximum absolute atomic E-state index is 14.6. The smallest absolute Gasteiger partial charge is 0.254 e. The molecule has 2 atom stereocenters. The van der Waals surface area contributed by atoms with Crippen molar-refractivity contribution in [1.29, 1.82) is 0 Å². The van der Waals surface area contributed by atoms with Crippen LogP contribution in [0.5, 0.6) is 0 Å². The summed E-state index contributed by atoms with van der Waals surface area (Å²) in [5, 5.41) is 0. The van der Waals surface area contributed by atoms with Gasteiger partial charge >= 0.3 is 0 Å². The Morgan fingerprint density at radius 3 is 2.52 bits per heavy atom. The van der Waals surface area contributed by atoms with Gasteiger partial charge in [0.2, 0.25) is 0 Å². The van der Waals surface area contributed by atoms with Gasteiger partial charge in [0.1, 0.15) is 11.6 Å². The van der Waals surface area contributed by atoms with Crippen LogP contribution in [0.25, 0.3) is 11.1 Å². The Kier molecular flexibility index (Phi) is 4.86.